The van der Waals surface area contributed by atoms with Crippen LogP contribution in [-0.4, -0.2) is 42.3 Å². The van der Waals surface area contributed by atoms with Crippen LogP contribution in [0, 0.1) is 6.92 Å². The van der Waals surface area contributed by atoms with E-state index in [9.17, 15) is 8.42 Å². The molecule has 0 N–H and O–H groups in total. The number of aromatic nitrogens is 1. The zero-order valence-electron chi connectivity index (χ0n) is 18.3. The molecule has 1 unspecified atom stereocenters. The number of benzene rings is 2. The number of nitrogens with zero attached hydrogens (tertiary/aromatic N) is 3. The molecule has 0 saturated carbocycles. The molecule has 6 nitrogen and oxygen atoms in total. The number of ether oxygens (including phenoxy) is 1. The van der Waals surface area contributed by atoms with E-state index in [1.165, 1.54) is 5.56 Å². The average Bonchev–Trinajstić information content (AvgIpc) is 3.44. The fraction of sp³-hybridized carbons (Fsp3) is 0.375. The van der Waals surface area contributed by atoms with Crippen LogP contribution < -0.4 is 4.74 Å². The van der Waals surface area contributed by atoms with Crippen molar-refractivity contribution in [2.24, 2.45) is 0 Å². The van der Waals surface area contributed by atoms with Gasteiger partial charge in [0, 0.05) is 25.0 Å². The van der Waals surface area contributed by atoms with Gasteiger partial charge in [0.15, 0.2) is 0 Å². The Bertz CT molecular complexity index is 1220. The highest BCUT2D eigenvalue weighted by atomic mass is 32.2. The number of hydrogen-bond donors (Lipinski definition) is 0. The second-order valence-corrected chi connectivity index (χ2v) is 11.3. The van der Waals surface area contributed by atoms with E-state index >= 15 is 0 Å². The number of sulfonamides is 1. The van der Waals surface area contributed by atoms with E-state index in [1.54, 1.807) is 21.7 Å². The molecule has 0 aliphatic carbocycles. The maximum absolute atomic E-state index is 13.6. The average molecular weight is 470 g/mol. The Balaban J connectivity index is 1.45. The summed E-state index contributed by atoms with van der Waals surface area (Å²) >= 11 is 1.56. The third-order valence-electron chi connectivity index (χ3n) is 6.37. The summed E-state index contributed by atoms with van der Waals surface area (Å²) in [7, 11) is -3.58. The molecule has 1 aromatic heterocycles. The van der Waals surface area contributed by atoms with Crippen LogP contribution in [0.1, 0.15) is 35.2 Å². The van der Waals surface area contributed by atoms with Gasteiger partial charge in [-0.2, -0.15) is 4.31 Å². The van der Waals surface area contributed by atoms with Crippen LogP contribution in [0.25, 0.3) is 0 Å². The molecule has 3 heterocycles. The van der Waals surface area contributed by atoms with Crippen LogP contribution in [-0.2, 0) is 28.7 Å². The van der Waals surface area contributed by atoms with E-state index in [0.29, 0.717) is 24.6 Å². The molecule has 168 valence electrons. The van der Waals surface area contributed by atoms with Crippen molar-refractivity contribution in [3.63, 3.8) is 0 Å². The molecular formula is C24H27N3O3S2. The molecule has 2 aliphatic heterocycles. The van der Waals surface area contributed by atoms with Crippen LogP contribution >= 0.6 is 11.3 Å². The van der Waals surface area contributed by atoms with E-state index in [0.717, 1.165) is 41.5 Å². The van der Waals surface area contributed by atoms with Crippen molar-refractivity contribution in [2.45, 2.75) is 43.8 Å². The summed E-state index contributed by atoms with van der Waals surface area (Å²) in [6, 6.07) is 15.7. The summed E-state index contributed by atoms with van der Waals surface area (Å²) in [5.74, 6) is 0.870. The number of likely N-dealkylation sites (tertiary alicyclic amines) is 1. The molecule has 1 spiro atoms. The Labute approximate surface area is 193 Å². The minimum absolute atomic E-state index is 0.304. The summed E-state index contributed by atoms with van der Waals surface area (Å²) < 4.78 is 34.4. The molecule has 1 fully saturated rings. The second kappa shape index (κ2) is 8.26. The van der Waals surface area contributed by atoms with Gasteiger partial charge in [0.2, 0.25) is 10.0 Å². The van der Waals surface area contributed by atoms with Crippen molar-refractivity contribution in [3.05, 3.63) is 75.7 Å². The van der Waals surface area contributed by atoms with Gasteiger partial charge in [0.05, 0.1) is 34.3 Å². The summed E-state index contributed by atoms with van der Waals surface area (Å²) in [5.41, 5.74) is 2.37. The first kappa shape index (κ1) is 21.6. The predicted octanol–water partition coefficient (Wildman–Crippen LogP) is 4.16. The quantitative estimate of drug-likeness (QED) is 0.543. The summed E-state index contributed by atoms with van der Waals surface area (Å²) in [4.78, 5) is 7.35. The Morgan fingerprint density at radius 2 is 1.91 bits per heavy atom. The maximum atomic E-state index is 13.6. The number of rotatable bonds is 6. The van der Waals surface area contributed by atoms with Gasteiger partial charge in [0.25, 0.3) is 0 Å². The van der Waals surface area contributed by atoms with Crippen LogP contribution in [0.4, 0.5) is 0 Å². The number of aryl methyl sites for hydroxylation is 1. The molecule has 8 heteroatoms. The van der Waals surface area contributed by atoms with Gasteiger partial charge in [-0.25, -0.2) is 13.4 Å². The lowest BCUT2D eigenvalue weighted by molar-refractivity contribution is 0.183. The first-order valence-corrected chi connectivity index (χ1v) is 13.2. The third kappa shape index (κ3) is 3.65. The van der Waals surface area contributed by atoms with Crippen LogP contribution in [0.3, 0.4) is 0 Å². The monoisotopic (exact) mass is 469 g/mol. The Hall–Kier alpha value is -2.26. The molecule has 32 heavy (non-hydrogen) atoms. The van der Waals surface area contributed by atoms with E-state index < -0.39 is 15.6 Å². The molecule has 3 aromatic rings. The van der Waals surface area contributed by atoms with Gasteiger partial charge < -0.3 is 4.74 Å². The first-order chi connectivity index (χ1) is 15.4. The van der Waals surface area contributed by atoms with Crippen molar-refractivity contribution < 1.29 is 13.2 Å². The van der Waals surface area contributed by atoms with E-state index in [-0.39, 0.29) is 0 Å². The van der Waals surface area contributed by atoms with E-state index in [2.05, 4.69) is 22.0 Å². The topological polar surface area (TPSA) is 62.7 Å². The van der Waals surface area contributed by atoms with Crippen molar-refractivity contribution in [1.82, 2.24) is 14.2 Å². The highest BCUT2D eigenvalue weighted by Crippen LogP contribution is 2.50. The fourth-order valence-corrected chi connectivity index (χ4v) is 7.61. The molecule has 1 saturated heterocycles. The largest absolute Gasteiger partial charge is 0.494 e. The highest BCUT2D eigenvalue weighted by molar-refractivity contribution is 7.89. The van der Waals surface area contributed by atoms with Gasteiger partial charge in [0.1, 0.15) is 5.75 Å². The van der Waals surface area contributed by atoms with Gasteiger partial charge >= 0.3 is 0 Å². The Kier molecular flexibility index (Phi) is 5.57. The van der Waals surface area contributed by atoms with Gasteiger partial charge in [-0.05, 0) is 49.6 Å². The number of fused-ring (bicyclic) bond motifs is 2. The van der Waals surface area contributed by atoms with Gasteiger partial charge in [-0.1, -0.05) is 30.3 Å². The summed E-state index contributed by atoms with van der Waals surface area (Å²) in [5, 5.41) is 2.92. The lowest BCUT2D eigenvalue weighted by Crippen LogP contribution is -2.45. The van der Waals surface area contributed by atoms with Crippen LogP contribution in [0.5, 0.6) is 5.75 Å². The van der Waals surface area contributed by atoms with E-state index in [1.807, 2.05) is 49.6 Å². The lowest BCUT2D eigenvalue weighted by Gasteiger charge is -2.34. The van der Waals surface area contributed by atoms with Crippen molar-refractivity contribution >= 4 is 21.4 Å². The van der Waals surface area contributed by atoms with E-state index in [4.69, 9.17) is 4.74 Å². The summed E-state index contributed by atoms with van der Waals surface area (Å²) in [6.07, 6.45) is 0.767. The molecule has 0 radical (unpaired) electrons. The molecule has 5 rings (SSSR count). The fourth-order valence-electron chi connectivity index (χ4n) is 4.97. The predicted molar refractivity (Wildman–Crippen MR) is 125 cm³/mol. The van der Waals surface area contributed by atoms with Crippen LogP contribution in [0.15, 0.2) is 58.8 Å². The van der Waals surface area contributed by atoms with Crippen molar-refractivity contribution in [3.8, 4) is 5.75 Å². The number of hydrogen-bond acceptors (Lipinski definition) is 6. The van der Waals surface area contributed by atoms with Crippen molar-refractivity contribution in [2.75, 3.05) is 19.7 Å². The minimum atomic E-state index is -3.58. The van der Waals surface area contributed by atoms with Crippen molar-refractivity contribution in [1.29, 1.82) is 0 Å². The van der Waals surface area contributed by atoms with Gasteiger partial charge in [-0.15, -0.1) is 11.3 Å². The minimum Gasteiger partial charge on any atom is -0.494 e. The summed E-state index contributed by atoms with van der Waals surface area (Å²) in [6.45, 7) is 7.16. The Morgan fingerprint density at radius 1 is 1.12 bits per heavy atom. The second-order valence-electron chi connectivity index (χ2n) is 8.43. The molecule has 2 aromatic carbocycles. The van der Waals surface area contributed by atoms with Crippen LogP contribution in [0.2, 0.25) is 0 Å². The standard InChI is InChI=1S/C24H27N3O3S2/c1-3-30-21-10-8-19(9-11-21)14-26-13-12-24(17-26)22-6-4-5-7-23(22)32(28,29)27(24)15-20-16-31-18(2)25-20/h4-11,16H,3,12-15,17H2,1-2H3. The Morgan fingerprint density at radius 3 is 2.62 bits per heavy atom. The number of thiazole rings is 1. The SMILES string of the molecule is CCOc1ccc(CN2CCC3(C2)c2ccccc2S(=O)(=O)N3Cc2csc(C)n2)cc1. The lowest BCUT2D eigenvalue weighted by atomic mass is 9.89. The molecule has 0 amide bonds. The molecule has 1 atom stereocenters. The zero-order valence-corrected chi connectivity index (χ0v) is 20.0. The van der Waals surface area contributed by atoms with Gasteiger partial charge in [-0.3, -0.25) is 4.90 Å². The maximum Gasteiger partial charge on any atom is 0.244 e. The molecule has 0 bridgehead atoms. The smallest absolute Gasteiger partial charge is 0.244 e. The molecule has 2 aliphatic rings. The first-order valence-electron chi connectivity index (χ1n) is 10.9. The molecular weight excluding hydrogens is 442 g/mol. The normalized spacial score (nSPS) is 22.4. The zero-order chi connectivity index (χ0) is 22.3. The third-order valence-corrected chi connectivity index (χ3v) is 9.17. The highest BCUT2D eigenvalue weighted by Gasteiger charge is 2.56.